The number of H-pyrrole nitrogens is 8. The van der Waals surface area contributed by atoms with Gasteiger partial charge in [0, 0.05) is 98.7 Å². The Morgan fingerprint density at radius 1 is 0.356 bits per heavy atom. The number of hydrogen-bond acceptors (Lipinski definition) is 14. The molecule has 0 fully saturated rings. The molecule has 0 aliphatic carbocycles. The number of nitrogens with zero attached hydrogens (tertiary/aromatic N) is 9. The summed E-state index contributed by atoms with van der Waals surface area (Å²) in [6.45, 7) is 5.49. The minimum Gasteiger partial charge on any atom is -0.497 e. The number of para-hydroxylation sites is 1. The molecular formula is C103H96ClF6N17O5. The molecule has 18 rings (SSSR count). The molecule has 0 radical (unpaired) electrons. The second-order valence-electron chi connectivity index (χ2n) is 28.3. The fourth-order valence-corrected chi connectivity index (χ4v) is 12.2. The van der Waals surface area contributed by atoms with Crippen molar-refractivity contribution in [1.82, 2.24) is 81.6 Å². The van der Waals surface area contributed by atoms with Crippen LogP contribution in [0.2, 0.25) is 5.02 Å². The number of aromatic nitrogens is 16. The number of halogens is 7. The Morgan fingerprint density at radius 3 is 1.15 bits per heavy atom. The van der Waals surface area contributed by atoms with E-state index in [4.69, 9.17) is 35.3 Å². The van der Waals surface area contributed by atoms with Crippen molar-refractivity contribution in [2.75, 3.05) is 46.1 Å². The highest BCUT2D eigenvalue weighted by Crippen LogP contribution is 2.37. The van der Waals surface area contributed by atoms with Crippen LogP contribution in [-0.4, -0.2) is 123 Å². The van der Waals surface area contributed by atoms with Gasteiger partial charge in [-0.3, -0.25) is 40.8 Å². The number of anilines is 1. The lowest BCUT2D eigenvalue weighted by Crippen LogP contribution is -2.08. The Hall–Kier alpha value is -16.2. The summed E-state index contributed by atoms with van der Waals surface area (Å²) in [7, 11) is 5.74. The summed E-state index contributed by atoms with van der Waals surface area (Å²) in [5.41, 5.74) is 15.7. The van der Waals surface area contributed by atoms with E-state index in [1.54, 1.807) is 86.9 Å². The maximum absolute atomic E-state index is 12.7. The van der Waals surface area contributed by atoms with Gasteiger partial charge in [-0.05, 0) is 221 Å². The van der Waals surface area contributed by atoms with Gasteiger partial charge in [0.1, 0.15) is 5.75 Å². The summed E-state index contributed by atoms with van der Waals surface area (Å²) >= 11 is 5.80. The molecule has 17 aromatic rings. The van der Waals surface area contributed by atoms with Gasteiger partial charge in [-0.1, -0.05) is 206 Å². The predicted octanol–water partition coefficient (Wildman–Crippen LogP) is 25.4. The van der Waals surface area contributed by atoms with Crippen LogP contribution in [0.15, 0.2) is 304 Å². The van der Waals surface area contributed by atoms with Crippen LogP contribution in [0.25, 0.3) is 108 Å². The van der Waals surface area contributed by atoms with Gasteiger partial charge in [0.25, 0.3) is 0 Å². The average Bonchev–Trinajstić information content (AvgIpc) is 1.66. The van der Waals surface area contributed by atoms with Gasteiger partial charge in [0.2, 0.25) is 6.79 Å². The number of benzene rings is 9. The molecule has 29 heteroatoms. The highest BCUT2D eigenvalue weighted by atomic mass is 35.5. The van der Waals surface area contributed by atoms with Crippen molar-refractivity contribution in [2.45, 2.75) is 32.5 Å². The molecule has 0 atom stereocenters. The third-order valence-electron chi connectivity index (χ3n) is 18.7. The zero-order chi connectivity index (χ0) is 92.8. The standard InChI is InChI=1S/C16H20N2O2.C15H12N2.C13H15N3.C12H8ClF3N2.C12H9F3N2.C12H10N2O2.C12H12N2O.C11H10N2/c1-3-19-16(20-4-2)14-8-5-13(6-9-14)7-10-15-11-12-17-18-15;1-2-4-14-11-12(5-7-13(14)3-1)6-8-15-9-10-16-17-15;1-16(2)13-7-4-11(5-8-13)3-6-12-9-10-14-15-12;13-11-7-9(12(14,15)16)3-1-8(11)2-4-10-5-6-17-18-10;13-12(14,15)11-4-2-1-3-9(11)5-6-10-7-8-16-17-10;1-2-9(4-5-10-6-7-13-14-10)12-11(3-1)15-8-16-12;1-15-12-6-3-10(4-7-12)2-5-11-8-9-13-14-11;1-2-4-10(5-3-1)6-7-11-8-9-12-13-11/h5-12,16H,3-4H2,1-2H3,(H,17,18);1-11H,(H,16,17);3-10H,1-2H3,(H,14,15);1-7H,(H,17,18);1-8H,(H,16,17);1-7H,8H2,(H,13,14);2-9H,1H3,(H,13,14);1-9H,(H,12,13)/b10-7+;8-6+;6-3+;4-2+;6-5+;5-4+;5-2+;7-6+. The van der Waals surface area contributed by atoms with E-state index in [0.717, 1.165) is 97.6 Å². The van der Waals surface area contributed by atoms with E-state index in [2.05, 4.69) is 177 Å². The highest BCUT2D eigenvalue weighted by Gasteiger charge is 2.33. The molecule has 672 valence electrons. The molecule has 9 heterocycles. The first kappa shape index (κ1) is 96.5. The van der Waals surface area contributed by atoms with Crippen LogP contribution in [0.3, 0.4) is 0 Å². The van der Waals surface area contributed by atoms with Crippen LogP contribution in [0.4, 0.5) is 32.0 Å². The summed E-state index contributed by atoms with van der Waals surface area (Å²) in [5.74, 6) is 2.47. The Morgan fingerprint density at radius 2 is 0.735 bits per heavy atom. The van der Waals surface area contributed by atoms with E-state index < -0.39 is 23.5 Å². The minimum atomic E-state index is -4.38. The smallest absolute Gasteiger partial charge is 0.416 e. The third-order valence-corrected chi connectivity index (χ3v) is 19.1. The number of nitrogens with one attached hydrogen (secondary N) is 8. The van der Waals surface area contributed by atoms with E-state index in [9.17, 15) is 26.3 Å². The molecule has 0 amide bonds. The first-order valence-electron chi connectivity index (χ1n) is 41.4. The Bertz CT molecular complexity index is 6360. The number of alkyl halides is 6. The van der Waals surface area contributed by atoms with Crippen molar-refractivity contribution in [2.24, 2.45) is 0 Å². The van der Waals surface area contributed by atoms with Crippen LogP contribution in [0.1, 0.15) is 127 Å². The Labute approximate surface area is 764 Å². The van der Waals surface area contributed by atoms with Crippen LogP contribution in [0, 0.1) is 0 Å². The minimum absolute atomic E-state index is 0.0561. The van der Waals surface area contributed by atoms with Crippen molar-refractivity contribution in [3.8, 4) is 17.2 Å². The Kier molecular flexibility index (Phi) is 37.7. The van der Waals surface area contributed by atoms with Crippen LogP contribution < -0.4 is 19.1 Å². The number of ether oxygens (including phenoxy) is 5. The van der Waals surface area contributed by atoms with Gasteiger partial charge in [0.05, 0.1) is 63.8 Å². The zero-order valence-corrected chi connectivity index (χ0v) is 73.3. The fraction of sp³-hybridized carbons (Fsp3) is 0.107. The van der Waals surface area contributed by atoms with Gasteiger partial charge in [0.15, 0.2) is 17.8 Å². The third kappa shape index (κ3) is 32.9. The van der Waals surface area contributed by atoms with E-state index in [1.807, 2.05) is 210 Å². The maximum Gasteiger partial charge on any atom is 0.416 e. The van der Waals surface area contributed by atoms with Crippen molar-refractivity contribution >= 4 is 125 Å². The number of aromatic amines is 8. The van der Waals surface area contributed by atoms with E-state index in [0.29, 0.717) is 31.3 Å². The van der Waals surface area contributed by atoms with Gasteiger partial charge in [-0.25, -0.2) is 0 Å². The SMILES string of the molecule is C(=C\c1cccc2c1OCO2)/c1ccn[nH]1.C(=C\c1ccn[nH]1)/c1ccc2ccccc2c1.C(=C\c1ccn[nH]1)/c1ccccc1.CCOC(OCC)c1ccc(/C=C/c2ccn[nH]2)cc1.CN(C)c1ccc(/C=C/c2ccn[nH]2)cc1.COc1ccc(/C=C/c2ccn[nH]2)cc1.FC(F)(F)c1ccc(/C=C/c2ccn[nH]2)c(Cl)c1.FC(F)(F)c1ccccc1/C=C/c1ccn[nH]1. The van der Waals surface area contributed by atoms with Crippen LogP contribution >= 0.6 is 11.6 Å². The summed E-state index contributed by atoms with van der Waals surface area (Å²) in [6, 6.07) is 78.9. The lowest BCUT2D eigenvalue weighted by Gasteiger charge is -2.17. The van der Waals surface area contributed by atoms with Crippen LogP contribution in [0.5, 0.6) is 17.2 Å². The molecule has 9 aromatic carbocycles. The molecule has 1 aliphatic rings. The predicted molar refractivity (Wildman–Crippen MR) is 517 cm³/mol. The molecule has 0 saturated carbocycles. The molecule has 0 unspecified atom stereocenters. The quantitative estimate of drug-likeness (QED) is 0.0218. The molecule has 132 heavy (non-hydrogen) atoms. The zero-order valence-electron chi connectivity index (χ0n) is 72.5. The monoisotopic (exact) mass is 1800 g/mol. The van der Waals surface area contributed by atoms with E-state index >= 15 is 0 Å². The fourth-order valence-electron chi connectivity index (χ4n) is 11.9. The first-order valence-corrected chi connectivity index (χ1v) is 41.8. The largest absolute Gasteiger partial charge is 0.497 e. The van der Waals surface area contributed by atoms with Crippen molar-refractivity contribution in [3.63, 3.8) is 0 Å². The number of rotatable bonds is 23. The molecule has 22 nitrogen and oxygen atoms in total. The van der Waals surface area contributed by atoms with Crippen molar-refractivity contribution < 1.29 is 50.0 Å². The topological polar surface area (TPSA) is 279 Å². The highest BCUT2D eigenvalue weighted by molar-refractivity contribution is 6.32. The summed E-state index contributed by atoms with van der Waals surface area (Å²) in [4.78, 5) is 2.09. The second-order valence-corrected chi connectivity index (χ2v) is 28.8. The molecule has 8 aromatic heterocycles. The van der Waals surface area contributed by atoms with E-state index in [1.165, 1.54) is 63.6 Å². The van der Waals surface area contributed by atoms with Crippen molar-refractivity contribution in [1.29, 1.82) is 0 Å². The van der Waals surface area contributed by atoms with Gasteiger partial charge in [-0.15, -0.1) is 0 Å². The van der Waals surface area contributed by atoms with E-state index in [-0.39, 0.29) is 16.9 Å². The van der Waals surface area contributed by atoms with Gasteiger partial charge >= 0.3 is 12.4 Å². The van der Waals surface area contributed by atoms with Gasteiger partial charge in [-0.2, -0.15) is 67.1 Å². The lowest BCUT2D eigenvalue weighted by atomic mass is 10.1. The number of hydrogen-bond donors (Lipinski definition) is 8. The number of fused-ring (bicyclic) bond motifs is 2. The second kappa shape index (κ2) is 51.6. The molecule has 8 N–H and O–H groups in total. The molecule has 1 aliphatic heterocycles. The molecule has 0 bridgehead atoms. The molecule has 0 saturated heterocycles. The van der Waals surface area contributed by atoms with Crippen LogP contribution in [-0.2, 0) is 21.8 Å². The maximum atomic E-state index is 12.7. The number of methoxy groups -OCH3 is 1. The summed E-state index contributed by atoms with van der Waals surface area (Å²) in [5, 5.41) is 56.0. The van der Waals surface area contributed by atoms with Crippen molar-refractivity contribution in [3.05, 3.63) is 416 Å². The van der Waals surface area contributed by atoms with Gasteiger partial charge < -0.3 is 28.6 Å². The average molecular weight is 1800 g/mol. The Balaban J connectivity index is 0.000000146. The first-order chi connectivity index (χ1) is 64.3. The summed E-state index contributed by atoms with van der Waals surface area (Å²) < 4.78 is 102. The molecular weight excluding hydrogens is 1700 g/mol. The lowest BCUT2D eigenvalue weighted by molar-refractivity contribution is -0.140. The summed E-state index contributed by atoms with van der Waals surface area (Å²) in [6.07, 6.45) is 35.0. The normalized spacial score (nSPS) is 11.7. The molecule has 0 spiro atoms.